The predicted molar refractivity (Wildman–Crippen MR) is 111 cm³/mol. The number of H-pyrrole nitrogens is 1. The lowest BCUT2D eigenvalue weighted by atomic mass is 9.96. The largest absolute Gasteiger partial charge is 0.462 e. The molecule has 0 fully saturated rings. The molecule has 0 amide bonds. The number of nitrogens with one attached hydrogen (secondary N) is 1. The van der Waals surface area contributed by atoms with Crippen molar-refractivity contribution in [1.82, 2.24) is 9.97 Å². The van der Waals surface area contributed by atoms with Gasteiger partial charge in [0.1, 0.15) is 0 Å². The predicted octanol–water partition coefficient (Wildman–Crippen LogP) is 5.87. The quantitative estimate of drug-likeness (QED) is 0.424. The van der Waals surface area contributed by atoms with Crippen LogP contribution in [-0.2, 0) is 4.74 Å². The monoisotopic (exact) mass is 404 g/mol. The first kappa shape index (κ1) is 19.5. The molecule has 0 atom stereocenters. The average molecular weight is 404 g/mol. The van der Waals surface area contributed by atoms with Gasteiger partial charge in [-0.2, -0.15) is 0 Å². The fourth-order valence-corrected chi connectivity index (χ4v) is 3.40. The van der Waals surface area contributed by atoms with Gasteiger partial charge in [0.05, 0.1) is 23.6 Å². The van der Waals surface area contributed by atoms with Crippen molar-refractivity contribution in [2.24, 2.45) is 0 Å². The Bertz CT molecular complexity index is 1190. The molecular weight excluding hydrogens is 386 g/mol. The smallest absolute Gasteiger partial charge is 0.340 e. The number of halogens is 2. The third-order valence-electron chi connectivity index (χ3n) is 4.72. The van der Waals surface area contributed by atoms with E-state index in [1.54, 1.807) is 31.5 Å². The van der Waals surface area contributed by atoms with Crippen LogP contribution in [0.3, 0.4) is 0 Å². The van der Waals surface area contributed by atoms with Crippen molar-refractivity contribution < 1.29 is 18.3 Å². The molecule has 4 nitrogen and oxygen atoms in total. The van der Waals surface area contributed by atoms with Crippen molar-refractivity contribution in [3.63, 3.8) is 0 Å². The Morgan fingerprint density at radius 1 is 0.900 bits per heavy atom. The van der Waals surface area contributed by atoms with Crippen LogP contribution in [0.4, 0.5) is 8.78 Å². The van der Waals surface area contributed by atoms with Crippen LogP contribution < -0.4 is 0 Å². The number of nitrogens with zero attached hydrogens (tertiary/aromatic N) is 1. The number of hydrogen-bond donors (Lipinski definition) is 1. The molecule has 0 saturated carbocycles. The van der Waals surface area contributed by atoms with Gasteiger partial charge in [0, 0.05) is 23.5 Å². The number of aromatic nitrogens is 2. The van der Waals surface area contributed by atoms with Crippen molar-refractivity contribution in [3.05, 3.63) is 90.3 Å². The number of carbonyl (C=O) groups excluding carboxylic acids is 1. The Labute approximate surface area is 172 Å². The van der Waals surface area contributed by atoms with Gasteiger partial charge in [0.15, 0.2) is 11.6 Å². The zero-order valence-electron chi connectivity index (χ0n) is 16.2. The molecule has 150 valence electrons. The summed E-state index contributed by atoms with van der Waals surface area (Å²) in [6, 6.07) is 16.5. The fourth-order valence-electron chi connectivity index (χ4n) is 3.40. The maximum absolute atomic E-state index is 14.0. The summed E-state index contributed by atoms with van der Waals surface area (Å²) in [5.41, 5.74) is 3.78. The van der Waals surface area contributed by atoms with E-state index in [-0.39, 0.29) is 6.61 Å². The SMILES string of the molecule is CCOC(=O)c1c(-c2ccccc2)[nH]c(-c2ccc(F)c(F)c2)c1-c1ccncc1. The zero-order chi connectivity index (χ0) is 21.1. The van der Waals surface area contributed by atoms with E-state index >= 15 is 0 Å². The molecule has 0 saturated heterocycles. The summed E-state index contributed by atoms with van der Waals surface area (Å²) in [4.78, 5) is 20.3. The zero-order valence-corrected chi connectivity index (χ0v) is 16.2. The Morgan fingerprint density at radius 3 is 2.30 bits per heavy atom. The highest BCUT2D eigenvalue weighted by molar-refractivity contribution is 6.07. The standard InChI is InChI=1S/C24H18F2N2O2/c1-2-30-24(29)21-20(15-10-12-27-13-11-15)23(17-8-9-18(25)19(26)14-17)28-22(21)16-6-4-3-5-7-16/h3-14,28H,2H2,1H3. The molecule has 2 aromatic carbocycles. The van der Waals surface area contributed by atoms with Crippen LogP contribution in [0.25, 0.3) is 33.6 Å². The van der Waals surface area contributed by atoms with E-state index in [9.17, 15) is 13.6 Å². The van der Waals surface area contributed by atoms with Gasteiger partial charge in [-0.05, 0) is 48.4 Å². The van der Waals surface area contributed by atoms with E-state index < -0.39 is 17.6 Å². The number of hydrogen-bond acceptors (Lipinski definition) is 3. The average Bonchev–Trinajstić information content (AvgIpc) is 3.18. The number of carbonyl (C=O) groups is 1. The Morgan fingerprint density at radius 2 is 1.63 bits per heavy atom. The molecular formula is C24H18F2N2O2. The Hall–Kier alpha value is -3.80. The maximum Gasteiger partial charge on any atom is 0.340 e. The van der Waals surface area contributed by atoms with Crippen LogP contribution in [0.2, 0.25) is 0 Å². The number of pyridine rings is 1. The molecule has 4 rings (SSSR count). The van der Waals surface area contributed by atoms with Gasteiger partial charge in [-0.15, -0.1) is 0 Å². The van der Waals surface area contributed by atoms with Gasteiger partial charge in [0.2, 0.25) is 0 Å². The van der Waals surface area contributed by atoms with Gasteiger partial charge in [-0.25, -0.2) is 13.6 Å². The Kier molecular flexibility index (Phi) is 5.39. The minimum Gasteiger partial charge on any atom is -0.462 e. The van der Waals surface area contributed by atoms with E-state index in [0.717, 1.165) is 17.7 Å². The summed E-state index contributed by atoms with van der Waals surface area (Å²) in [7, 11) is 0. The summed E-state index contributed by atoms with van der Waals surface area (Å²) in [5.74, 6) is -2.42. The normalized spacial score (nSPS) is 10.8. The first-order chi connectivity index (χ1) is 14.6. The number of rotatable bonds is 5. The Balaban J connectivity index is 2.06. The van der Waals surface area contributed by atoms with Crippen molar-refractivity contribution in [1.29, 1.82) is 0 Å². The number of ether oxygens (including phenoxy) is 1. The van der Waals surface area contributed by atoms with E-state index in [1.807, 2.05) is 30.3 Å². The number of aromatic amines is 1. The molecule has 6 heteroatoms. The van der Waals surface area contributed by atoms with Crippen molar-refractivity contribution >= 4 is 5.97 Å². The summed E-state index contributed by atoms with van der Waals surface area (Å²) in [6.07, 6.45) is 3.21. The summed E-state index contributed by atoms with van der Waals surface area (Å²) < 4.78 is 32.9. The fraction of sp³-hybridized carbons (Fsp3) is 0.0833. The van der Waals surface area contributed by atoms with Crippen LogP contribution in [0, 0.1) is 11.6 Å². The van der Waals surface area contributed by atoms with Gasteiger partial charge >= 0.3 is 5.97 Å². The van der Waals surface area contributed by atoms with Gasteiger partial charge in [-0.1, -0.05) is 30.3 Å². The van der Waals surface area contributed by atoms with Gasteiger partial charge in [-0.3, -0.25) is 4.98 Å². The van der Waals surface area contributed by atoms with Crippen LogP contribution in [0.15, 0.2) is 73.1 Å². The second-order valence-electron chi connectivity index (χ2n) is 6.58. The molecule has 0 radical (unpaired) electrons. The summed E-state index contributed by atoms with van der Waals surface area (Å²) in [6.45, 7) is 1.93. The third-order valence-corrected chi connectivity index (χ3v) is 4.72. The van der Waals surface area contributed by atoms with Gasteiger partial charge < -0.3 is 9.72 Å². The number of benzene rings is 2. The maximum atomic E-state index is 14.0. The molecule has 2 aromatic heterocycles. The van der Waals surface area contributed by atoms with E-state index in [1.165, 1.54) is 6.07 Å². The van der Waals surface area contributed by atoms with Crippen LogP contribution in [0.5, 0.6) is 0 Å². The lowest BCUT2D eigenvalue weighted by Gasteiger charge is -2.09. The third kappa shape index (κ3) is 3.59. The highest BCUT2D eigenvalue weighted by atomic mass is 19.2. The lowest BCUT2D eigenvalue weighted by Crippen LogP contribution is -2.06. The number of esters is 1. The van der Waals surface area contributed by atoms with Crippen LogP contribution >= 0.6 is 0 Å². The minimum atomic E-state index is -0.971. The molecule has 4 aromatic rings. The summed E-state index contributed by atoms with van der Waals surface area (Å²) >= 11 is 0. The van der Waals surface area contributed by atoms with Crippen molar-refractivity contribution in [2.45, 2.75) is 6.92 Å². The molecule has 0 spiro atoms. The first-order valence-electron chi connectivity index (χ1n) is 9.44. The molecule has 0 bridgehead atoms. The summed E-state index contributed by atoms with van der Waals surface area (Å²) in [5, 5.41) is 0. The first-order valence-corrected chi connectivity index (χ1v) is 9.44. The van der Waals surface area contributed by atoms with E-state index in [2.05, 4.69) is 9.97 Å². The van der Waals surface area contributed by atoms with E-state index in [4.69, 9.17) is 4.74 Å². The topological polar surface area (TPSA) is 55.0 Å². The minimum absolute atomic E-state index is 0.203. The van der Waals surface area contributed by atoms with Gasteiger partial charge in [0.25, 0.3) is 0 Å². The molecule has 1 N–H and O–H groups in total. The van der Waals surface area contributed by atoms with E-state index in [0.29, 0.717) is 33.6 Å². The molecule has 0 aliphatic rings. The highest BCUT2D eigenvalue weighted by Gasteiger charge is 2.27. The van der Waals surface area contributed by atoms with Crippen LogP contribution in [0.1, 0.15) is 17.3 Å². The second kappa shape index (κ2) is 8.29. The van der Waals surface area contributed by atoms with Crippen LogP contribution in [-0.4, -0.2) is 22.5 Å². The molecule has 30 heavy (non-hydrogen) atoms. The lowest BCUT2D eigenvalue weighted by molar-refractivity contribution is 0.0528. The molecule has 0 unspecified atom stereocenters. The molecule has 0 aliphatic heterocycles. The highest BCUT2D eigenvalue weighted by Crippen LogP contribution is 2.41. The second-order valence-corrected chi connectivity index (χ2v) is 6.58. The van der Waals surface area contributed by atoms with Crippen molar-refractivity contribution in [3.8, 4) is 33.6 Å². The molecule has 0 aliphatic carbocycles. The molecule has 2 heterocycles. The van der Waals surface area contributed by atoms with Crippen molar-refractivity contribution in [2.75, 3.05) is 6.61 Å².